The molecule has 1 aromatic carbocycles. The molecule has 1 atom stereocenters. The molecule has 0 radical (unpaired) electrons. The third-order valence-electron chi connectivity index (χ3n) is 4.70. The van der Waals surface area contributed by atoms with Gasteiger partial charge in [-0.15, -0.1) is 0 Å². The number of benzene rings is 1. The molecule has 2 aromatic rings. The summed E-state index contributed by atoms with van der Waals surface area (Å²) < 4.78 is 13.7. The first-order valence-electron chi connectivity index (χ1n) is 9.50. The molecule has 0 saturated carbocycles. The fraction of sp³-hybridized carbons (Fsp3) is 0.500. The largest absolute Gasteiger partial charge is 0.490 e. The van der Waals surface area contributed by atoms with Gasteiger partial charge in [-0.1, -0.05) is 6.07 Å². The van der Waals surface area contributed by atoms with Crippen molar-refractivity contribution in [1.29, 1.82) is 0 Å². The fourth-order valence-electron chi connectivity index (χ4n) is 3.13. The van der Waals surface area contributed by atoms with Crippen molar-refractivity contribution in [3.05, 3.63) is 42.5 Å². The number of rotatable bonds is 8. The van der Waals surface area contributed by atoms with Crippen molar-refractivity contribution in [2.24, 2.45) is 0 Å². The van der Waals surface area contributed by atoms with Gasteiger partial charge in [-0.25, -0.2) is 4.98 Å². The SMILES string of the molecule is CCOc1cc(CN2CCC(=O)NC[C@H]2C)ccc1OCCn1ccnc1. The molecule has 1 fully saturated rings. The van der Waals surface area contributed by atoms with Crippen LogP contribution in [0.4, 0.5) is 0 Å². The van der Waals surface area contributed by atoms with Crippen LogP contribution >= 0.6 is 0 Å². The van der Waals surface area contributed by atoms with Gasteiger partial charge in [-0.2, -0.15) is 0 Å². The van der Waals surface area contributed by atoms with Crippen LogP contribution in [0, 0.1) is 0 Å². The lowest BCUT2D eigenvalue weighted by molar-refractivity contribution is -0.120. The van der Waals surface area contributed by atoms with Crippen LogP contribution in [0.25, 0.3) is 0 Å². The molecule has 1 N–H and O–H groups in total. The van der Waals surface area contributed by atoms with Crippen LogP contribution in [0.1, 0.15) is 25.8 Å². The molecule has 1 saturated heterocycles. The van der Waals surface area contributed by atoms with E-state index in [1.807, 2.05) is 29.8 Å². The van der Waals surface area contributed by atoms with E-state index in [1.165, 1.54) is 0 Å². The third kappa shape index (κ3) is 5.47. The zero-order valence-corrected chi connectivity index (χ0v) is 16.1. The Balaban J connectivity index is 1.64. The van der Waals surface area contributed by atoms with Gasteiger partial charge in [0.1, 0.15) is 6.61 Å². The number of carbonyl (C=O) groups excluding carboxylic acids is 1. The van der Waals surface area contributed by atoms with Crippen LogP contribution < -0.4 is 14.8 Å². The Morgan fingerprint density at radius 1 is 1.30 bits per heavy atom. The zero-order chi connectivity index (χ0) is 19.1. The molecule has 1 aromatic heterocycles. The van der Waals surface area contributed by atoms with Crippen molar-refractivity contribution in [2.75, 3.05) is 26.3 Å². The van der Waals surface area contributed by atoms with Crippen LogP contribution in [0.5, 0.6) is 11.5 Å². The summed E-state index contributed by atoms with van der Waals surface area (Å²) in [5.41, 5.74) is 1.15. The highest BCUT2D eigenvalue weighted by molar-refractivity contribution is 5.76. The molecule has 0 unspecified atom stereocenters. The van der Waals surface area contributed by atoms with E-state index >= 15 is 0 Å². The number of amides is 1. The summed E-state index contributed by atoms with van der Waals surface area (Å²) in [7, 11) is 0. The van der Waals surface area contributed by atoms with E-state index in [0.717, 1.165) is 36.7 Å². The Hall–Kier alpha value is -2.54. The summed E-state index contributed by atoms with van der Waals surface area (Å²) in [4.78, 5) is 18.0. The summed E-state index contributed by atoms with van der Waals surface area (Å²) in [5, 5.41) is 2.95. The Bertz CT molecular complexity index is 733. The van der Waals surface area contributed by atoms with Crippen LogP contribution in [0.3, 0.4) is 0 Å². The van der Waals surface area contributed by atoms with Crippen LogP contribution in [0.15, 0.2) is 36.9 Å². The average molecular weight is 372 g/mol. The standard InChI is InChI=1S/C20H28N4O3/c1-3-26-19-12-17(14-24-8-6-20(25)22-13-16(24)2)4-5-18(19)27-11-10-23-9-7-21-15-23/h4-5,7,9,12,15-16H,3,6,8,10-11,13-14H2,1-2H3,(H,22,25)/t16-/m1/s1. The van der Waals surface area contributed by atoms with Gasteiger partial charge in [0, 0.05) is 44.5 Å². The molecule has 2 heterocycles. The van der Waals surface area contributed by atoms with Gasteiger partial charge >= 0.3 is 0 Å². The minimum absolute atomic E-state index is 0.126. The van der Waals surface area contributed by atoms with Crippen molar-refractivity contribution >= 4 is 5.91 Å². The second-order valence-corrected chi connectivity index (χ2v) is 6.74. The monoisotopic (exact) mass is 372 g/mol. The number of ether oxygens (including phenoxy) is 2. The average Bonchev–Trinajstić information content (AvgIpc) is 3.13. The normalized spacial score (nSPS) is 18.0. The maximum atomic E-state index is 11.6. The lowest BCUT2D eigenvalue weighted by Gasteiger charge is -2.26. The van der Waals surface area contributed by atoms with Gasteiger partial charge in [-0.3, -0.25) is 9.69 Å². The Labute approximate surface area is 160 Å². The molecule has 1 aliphatic rings. The lowest BCUT2D eigenvalue weighted by Crippen LogP contribution is -2.37. The maximum absolute atomic E-state index is 11.6. The second kappa shape index (κ2) is 9.41. The summed E-state index contributed by atoms with van der Waals surface area (Å²) >= 11 is 0. The van der Waals surface area contributed by atoms with Crippen molar-refractivity contribution in [1.82, 2.24) is 19.8 Å². The number of nitrogens with one attached hydrogen (secondary N) is 1. The third-order valence-corrected chi connectivity index (χ3v) is 4.70. The zero-order valence-electron chi connectivity index (χ0n) is 16.1. The number of hydrogen-bond acceptors (Lipinski definition) is 5. The first kappa shape index (κ1) is 19.2. The second-order valence-electron chi connectivity index (χ2n) is 6.74. The van der Waals surface area contributed by atoms with E-state index in [0.29, 0.717) is 32.2 Å². The molecule has 27 heavy (non-hydrogen) atoms. The van der Waals surface area contributed by atoms with Gasteiger partial charge in [0.05, 0.1) is 19.5 Å². The minimum atomic E-state index is 0.126. The van der Waals surface area contributed by atoms with Crippen molar-refractivity contribution < 1.29 is 14.3 Å². The van der Waals surface area contributed by atoms with Crippen LogP contribution in [-0.4, -0.2) is 52.7 Å². The van der Waals surface area contributed by atoms with E-state index in [4.69, 9.17) is 9.47 Å². The van der Waals surface area contributed by atoms with E-state index in [9.17, 15) is 4.79 Å². The van der Waals surface area contributed by atoms with Gasteiger partial charge < -0.3 is 19.4 Å². The Morgan fingerprint density at radius 2 is 2.19 bits per heavy atom. The molecule has 7 heteroatoms. The molecule has 146 valence electrons. The number of aromatic nitrogens is 2. The van der Waals surface area contributed by atoms with Gasteiger partial charge in [-0.05, 0) is 31.5 Å². The molecule has 7 nitrogen and oxygen atoms in total. The number of imidazole rings is 1. The highest BCUT2D eigenvalue weighted by Gasteiger charge is 2.20. The fourth-order valence-corrected chi connectivity index (χ4v) is 3.13. The minimum Gasteiger partial charge on any atom is -0.490 e. The maximum Gasteiger partial charge on any atom is 0.221 e. The molecule has 0 bridgehead atoms. The molecule has 3 rings (SSSR count). The first-order valence-corrected chi connectivity index (χ1v) is 9.50. The quantitative estimate of drug-likeness (QED) is 0.768. The van der Waals surface area contributed by atoms with Crippen LogP contribution in [0.2, 0.25) is 0 Å². The lowest BCUT2D eigenvalue weighted by atomic mass is 10.1. The molecule has 0 aliphatic carbocycles. The highest BCUT2D eigenvalue weighted by Crippen LogP contribution is 2.29. The molecule has 1 amide bonds. The summed E-state index contributed by atoms with van der Waals surface area (Å²) in [5.74, 6) is 1.64. The van der Waals surface area contributed by atoms with Crippen molar-refractivity contribution in [3.8, 4) is 11.5 Å². The molecule has 1 aliphatic heterocycles. The highest BCUT2D eigenvalue weighted by atomic mass is 16.5. The molecular weight excluding hydrogens is 344 g/mol. The Morgan fingerprint density at radius 3 is 2.96 bits per heavy atom. The van der Waals surface area contributed by atoms with E-state index in [2.05, 4.69) is 28.2 Å². The van der Waals surface area contributed by atoms with Crippen LogP contribution in [-0.2, 0) is 17.9 Å². The van der Waals surface area contributed by atoms with Gasteiger partial charge in [0.25, 0.3) is 0 Å². The predicted octanol–water partition coefficient (Wildman–Crippen LogP) is 2.07. The summed E-state index contributed by atoms with van der Waals surface area (Å²) in [6, 6.07) is 6.39. The van der Waals surface area contributed by atoms with Crippen molar-refractivity contribution in [3.63, 3.8) is 0 Å². The van der Waals surface area contributed by atoms with Crippen molar-refractivity contribution in [2.45, 2.75) is 39.4 Å². The first-order chi connectivity index (χ1) is 13.2. The molecule has 0 spiro atoms. The number of carbonyl (C=O) groups is 1. The van der Waals surface area contributed by atoms with E-state index in [-0.39, 0.29) is 5.91 Å². The summed E-state index contributed by atoms with van der Waals surface area (Å²) in [6.07, 6.45) is 5.99. The van der Waals surface area contributed by atoms with Gasteiger partial charge in [0.2, 0.25) is 5.91 Å². The topological polar surface area (TPSA) is 68.6 Å². The summed E-state index contributed by atoms with van der Waals surface area (Å²) in [6.45, 7) is 8.21. The van der Waals surface area contributed by atoms with E-state index in [1.54, 1.807) is 12.5 Å². The Kier molecular flexibility index (Phi) is 6.70. The van der Waals surface area contributed by atoms with Gasteiger partial charge in [0.15, 0.2) is 11.5 Å². The predicted molar refractivity (Wildman–Crippen MR) is 103 cm³/mol. The van der Waals surface area contributed by atoms with E-state index < -0.39 is 0 Å². The number of nitrogens with zero attached hydrogens (tertiary/aromatic N) is 3. The molecular formula is C20H28N4O3. The smallest absolute Gasteiger partial charge is 0.221 e. The number of hydrogen-bond donors (Lipinski definition) is 1.